The van der Waals surface area contributed by atoms with Crippen LogP contribution >= 0.6 is 0 Å². The molecule has 1 amide bonds. The Morgan fingerprint density at radius 1 is 0.923 bits per heavy atom. The van der Waals surface area contributed by atoms with E-state index >= 15 is 0 Å². The summed E-state index contributed by atoms with van der Waals surface area (Å²) in [5, 5.41) is 2.92. The van der Waals surface area contributed by atoms with Crippen LogP contribution in [0.3, 0.4) is 0 Å². The summed E-state index contributed by atoms with van der Waals surface area (Å²) in [4.78, 5) is 12.5. The molecule has 0 aromatic heterocycles. The number of hydrogen-bond acceptors (Lipinski definition) is 3. The van der Waals surface area contributed by atoms with E-state index in [0.717, 1.165) is 12.2 Å². The molecule has 26 heavy (non-hydrogen) atoms. The van der Waals surface area contributed by atoms with Crippen molar-refractivity contribution in [3.63, 3.8) is 0 Å². The molecule has 0 bridgehead atoms. The number of anilines is 1. The van der Waals surface area contributed by atoms with Crippen molar-refractivity contribution in [1.82, 2.24) is 0 Å². The predicted molar refractivity (Wildman–Crippen MR) is 106 cm³/mol. The lowest BCUT2D eigenvalue weighted by Gasteiger charge is -2.12. The van der Waals surface area contributed by atoms with Gasteiger partial charge in [-0.15, -0.1) is 0 Å². The Labute approximate surface area is 156 Å². The SMILES string of the molecule is CCCCCCCOc1cccc(NC(=O)c2ccccc2OCC)c1. The maximum absolute atomic E-state index is 12.5. The van der Waals surface area contributed by atoms with Gasteiger partial charge in [0.1, 0.15) is 11.5 Å². The molecular weight excluding hydrogens is 326 g/mol. The van der Waals surface area contributed by atoms with E-state index in [9.17, 15) is 4.79 Å². The van der Waals surface area contributed by atoms with Crippen LogP contribution in [0.15, 0.2) is 48.5 Å². The number of benzene rings is 2. The number of nitrogens with one attached hydrogen (secondary N) is 1. The second-order valence-corrected chi connectivity index (χ2v) is 6.17. The fourth-order valence-electron chi connectivity index (χ4n) is 2.69. The highest BCUT2D eigenvalue weighted by molar-refractivity contribution is 6.06. The van der Waals surface area contributed by atoms with E-state index in [1.54, 1.807) is 12.1 Å². The first-order valence-electron chi connectivity index (χ1n) is 9.50. The van der Waals surface area contributed by atoms with Crippen molar-refractivity contribution in [1.29, 1.82) is 0 Å². The number of para-hydroxylation sites is 1. The molecule has 2 aromatic carbocycles. The lowest BCUT2D eigenvalue weighted by molar-refractivity contribution is 0.102. The third kappa shape index (κ3) is 6.43. The van der Waals surface area contributed by atoms with Crippen molar-refractivity contribution in [3.05, 3.63) is 54.1 Å². The van der Waals surface area contributed by atoms with Crippen LogP contribution in [0.1, 0.15) is 56.3 Å². The summed E-state index contributed by atoms with van der Waals surface area (Å²) in [6.07, 6.45) is 6.03. The van der Waals surface area contributed by atoms with E-state index in [1.807, 2.05) is 43.3 Å². The van der Waals surface area contributed by atoms with Crippen molar-refractivity contribution in [3.8, 4) is 11.5 Å². The van der Waals surface area contributed by atoms with Gasteiger partial charge >= 0.3 is 0 Å². The molecule has 0 saturated heterocycles. The maximum atomic E-state index is 12.5. The van der Waals surface area contributed by atoms with Gasteiger partial charge in [-0.2, -0.15) is 0 Å². The van der Waals surface area contributed by atoms with Gasteiger partial charge in [0.15, 0.2) is 0 Å². The van der Waals surface area contributed by atoms with Gasteiger partial charge in [0.25, 0.3) is 5.91 Å². The molecule has 2 rings (SSSR count). The molecule has 0 radical (unpaired) electrons. The third-order valence-electron chi connectivity index (χ3n) is 4.04. The molecule has 0 atom stereocenters. The summed E-state index contributed by atoms with van der Waals surface area (Å²) in [6.45, 7) is 5.33. The maximum Gasteiger partial charge on any atom is 0.259 e. The van der Waals surface area contributed by atoms with Gasteiger partial charge < -0.3 is 14.8 Å². The molecule has 2 aromatic rings. The quantitative estimate of drug-likeness (QED) is 0.527. The van der Waals surface area contributed by atoms with E-state index in [4.69, 9.17) is 9.47 Å². The number of rotatable bonds is 11. The van der Waals surface area contributed by atoms with Gasteiger partial charge in [0.05, 0.1) is 18.8 Å². The fraction of sp³-hybridized carbons (Fsp3) is 0.409. The summed E-state index contributed by atoms with van der Waals surface area (Å²) in [5.74, 6) is 1.18. The Morgan fingerprint density at radius 3 is 2.54 bits per heavy atom. The molecule has 1 N–H and O–H groups in total. The van der Waals surface area contributed by atoms with Gasteiger partial charge in [0.2, 0.25) is 0 Å². The lowest BCUT2D eigenvalue weighted by atomic mass is 10.1. The molecule has 0 aliphatic heterocycles. The molecule has 0 spiro atoms. The minimum atomic E-state index is -0.189. The number of hydrogen-bond donors (Lipinski definition) is 1. The molecule has 0 unspecified atom stereocenters. The standard InChI is InChI=1S/C22H29NO3/c1-3-5-6-7-10-16-26-19-13-11-12-18(17-19)23-22(24)20-14-8-9-15-21(20)25-4-2/h8-9,11-15,17H,3-7,10,16H2,1-2H3,(H,23,24). The average molecular weight is 355 g/mol. The number of carbonyl (C=O) groups is 1. The Balaban J connectivity index is 1.90. The monoisotopic (exact) mass is 355 g/mol. The molecule has 0 fully saturated rings. The van der Waals surface area contributed by atoms with Crippen LogP contribution in [0, 0.1) is 0 Å². The topological polar surface area (TPSA) is 47.6 Å². The molecule has 140 valence electrons. The number of amides is 1. The van der Waals surface area contributed by atoms with Crippen LogP contribution in [0.25, 0.3) is 0 Å². The van der Waals surface area contributed by atoms with Gasteiger partial charge in [-0.1, -0.05) is 50.8 Å². The first-order chi connectivity index (χ1) is 12.7. The number of carbonyl (C=O) groups excluding carboxylic acids is 1. The summed E-state index contributed by atoms with van der Waals surface area (Å²) in [5.41, 5.74) is 1.24. The third-order valence-corrected chi connectivity index (χ3v) is 4.04. The molecule has 4 nitrogen and oxygen atoms in total. The summed E-state index contributed by atoms with van der Waals surface area (Å²) < 4.78 is 11.3. The van der Waals surface area contributed by atoms with Gasteiger partial charge in [-0.3, -0.25) is 4.79 Å². The molecular formula is C22H29NO3. The molecule has 0 saturated carbocycles. The normalized spacial score (nSPS) is 10.4. The van der Waals surface area contributed by atoms with Crippen LogP contribution < -0.4 is 14.8 Å². The lowest BCUT2D eigenvalue weighted by Crippen LogP contribution is -2.13. The Hall–Kier alpha value is -2.49. The Morgan fingerprint density at radius 2 is 1.73 bits per heavy atom. The fourth-order valence-corrected chi connectivity index (χ4v) is 2.69. The number of ether oxygens (including phenoxy) is 2. The first-order valence-corrected chi connectivity index (χ1v) is 9.50. The smallest absolute Gasteiger partial charge is 0.259 e. The van der Waals surface area contributed by atoms with Gasteiger partial charge in [-0.05, 0) is 37.6 Å². The minimum Gasteiger partial charge on any atom is -0.494 e. The van der Waals surface area contributed by atoms with Crippen molar-refractivity contribution in [2.24, 2.45) is 0 Å². The average Bonchev–Trinajstić information content (AvgIpc) is 2.65. The van der Waals surface area contributed by atoms with Crippen molar-refractivity contribution in [2.45, 2.75) is 46.0 Å². The zero-order valence-electron chi connectivity index (χ0n) is 15.8. The summed E-state index contributed by atoms with van der Waals surface area (Å²) >= 11 is 0. The van der Waals surface area contributed by atoms with Crippen molar-refractivity contribution in [2.75, 3.05) is 18.5 Å². The van der Waals surface area contributed by atoms with Crippen molar-refractivity contribution >= 4 is 11.6 Å². The zero-order valence-corrected chi connectivity index (χ0v) is 15.8. The molecule has 0 heterocycles. The summed E-state index contributed by atoms with van der Waals surface area (Å²) in [6, 6.07) is 14.8. The van der Waals surface area contributed by atoms with Gasteiger partial charge in [0, 0.05) is 11.8 Å². The van der Waals surface area contributed by atoms with Crippen LogP contribution in [0.4, 0.5) is 5.69 Å². The minimum absolute atomic E-state index is 0.189. The largest absolute Gasteiger partial charge is 0.494 e. The van der Waals surface area contributed by atoms with Crippen LogP contribution in [0.2, 0.25) is 0 Å². The zero-order chi connectivity index (χ0) is 18.6. The van der Waals surface area contributed by atoms with Crippen LogP contribution in [-0.4, -0.2) is 19.1 Å². The molecule has 0 aliphatic rings. The van der Waals surface area contributed by atoms with E-state index in [1.165, 1.54) is 25.7 Å². The van der Waals surface area contributed by atoms with E-state index in [-0.39, 0.29) is 5.91 Å². The second-order valence-electron chi connectivity index (χ2n) is 6.17. The highest BCUT2D eigenvalue weighted by Crippen LogP contribution is 2.22. The van der Waals surface area contributed by atoms with Crippen molar-refractivity contribution < 1.29 is 14.3 Å². The van der Waals surface area contributed by atoms with Crippen LogP contribution in [0.5, 0.6) is 11.5 Å². The van der Waals surface area contributed by atoms with Crippen LogP contribution in [-0.2, 0) is 0 Å². The Bertz CT molecular complexity index is 685. The molecule has 4 heteroatoms. The van der Waals surface area contributed by atoms with E-state index < -0.39 is 0 Å². The molecule has 0 aliphatic carbocycles. The highest BCUT2D eigenvalue weighted by Gasteiger charge is 2.12. The highest BCUT2D eigenvalue weighted by atomic mass is 16.5. The van der Waals surface area contributed by atoms with E-state index in [2.05, 4.69) is 12.2 Å². The Kier molecular flexibility index (Phi) is 8.53. The second kappa shape index (κ2) is 11.2. The first kappa shape index (κ1) is 19.8. The number of unbranched alkanes of at least 4 members (excludes halogenated alkanes) is 4. The summed E-state index contributed by atoms with van der Waals surface area (Å²) in [7, 11) is 0. The van der Waals surface area contributed by atoms with E-state index in [0.29, 0.717) is 30.2 Å². The van der Waals surface area contributed by atoms with Gasteiger partial charge in [-0.25, -0.2) is 0 Å². The predicted octanol–water partition coefficient (Wildman–Crippen LogP) is 5.69.